The monoisotopic (exact) mass is 554 g/mol. The van der Waals surface area contributed by atoms with Crippen molar-refractivity contribution in [1.82, 2.24) is 14.9 Å². The molecule has 0 radical (unpaired) electrons. The molecule has 2 aliphatic rings. The molecule has 9 heteroatoms. The number of amides is 1. The van der Waals surface area contributed by atoms with E-state index in [4.69, 9.17) is 4.74 Å². The van der Waals surface area contributed by atoms with Gasteiger partial charge in [0.2, 0.25) is 11.8 Å². The Hall–Kier alpha value is -4.24. The lowest BCUT2D eigenvalue weighted by Crippen LogP contribution is -2.37. The molecule has 6 rings (SSSR count). The largest absolute Gasteiger partial charge is 0.438 e. The maximum atomic E-state index is 14.5. The van der Waals surface area contributed by atoms with Gasteiger partial charge in [-0.05, 0) is 82.6 Å². The number of fused-ring (bicyclic) bond motifs is 1. The number of nitrogens with one attached hydrogen (secondary N) is 2. The highest BCUT2D eigenvalue weighted by atomic mass is 19.1. The van der Waals surface area contributed by atoms with Crippen molar-refractivity contribution in [3.63, 3.8) is 0 Å². The van der Waals surface area contributed by atoms with E-state index in [1.807, 2.05) is 30.3 Å². The van der Waals surface area contributed by atoms with Gasteiger partial charge < -0.3 is 25.2 Å². The van der Waals surface area contributed by atoms with Gasteiger partial charge in [-0.1, -0.05) is 24.3 Å². The van der Waals surface area contributed by atoms with E-state index in [1.165, 1.54) is 18.6 Å². The first-order chi connectivity index (χ1) is 20.0. The average Bonchev–Trinajstić information content (AvgIpc) is 3.00. The molecule has 0 aliphatic carbocycles. The smallest absolute Gasteiger partial charge is 0.255 e. The number of rotatable bonds is 7. The molecule has 0 bridgehead atoms. The van der Waals surface area contributed by atoms with Crippen LogP contribution in [0.15, 0.2) is 66.9 Å². The zero-order chi connectivity index (χ0) is 28.2. The minimum Gasteiger partial charge on any atom is -0.438 e. The fourth-order valence-electron chi connectivity index (χ4n) is 5.62. The molecule has 8 nitrogen and oxygen atoms in total. The van der Waals surface area contributed by atoms with E-state index >= 15 is 0 Å². The van der Waals surface area contributed by atoms with Crippen LogP contribution >= 0.6 is 0 Å². The van der Waals surface area contributed by atoms with Gasteiger partial charge in [0.25, 0.3) is 5.91 Å². The Morgan fingerprint density at radius 3 is 2.54 bits per heavy atom. The normalized spacial score (nSPS) is 16.5. The van der Waals surface area contributed by atoms with Crippen molar-refractivity contribution in [1.29, 1.82) is 0 Å². The van der Waals surface area contributed by atoms with E-state index in [0.717, 1.165) is 68.3 Å². The zero-order valence-electron chi connectivity index (χ0n) is 23.3. The summed E-state index contributed by atoms with van der Waals surface area (Å²) >= 11 is 0. The van der Waals surface area contributed by atoms with Crippen LogP contribution in [-0.4, -0.2) is 60.0 Å². The second-order valence-electron chi connectivity index (χ2n) is 10.9. The number of hydrogen-bond acceptors (Lipinski definition) is 7. The third kappa shape index (κ3) is 6.41. The van der Waals surface area contributed by atoms with Gasteiger partial charge in [0, 0.05) is 59.1 Å². The minimum absolute atomic E-state index is 0.292. The topological polar surface area (TPSA) is 82.6 Å². The molecule has 0 atom stereocenters. The number of carbonyl (C=O) groups is 1. The Morgan fingerprint density at radius 2 is 1.73 bits per heavy atom. The van der Waals surface area contributed by atoms with E-state index in [1.54, 1.807) is 24.4 Å². The summed E-state index contributed by atoms with van der Waals surface area (Å²) in [5, 5.41) is 8.05. The summed E-state index contributed by atoms with van der Waals surface area (Å²) in [6, 6.07) is 17.9. The first-order valence-corrected chi connectivity index (χ1v) is 14.4. The molecule has 2 N–H and O–H groups in total. The van der Waals surface area contributed by atoms with Crippen LogP contribution in [0.1, 0.15) is 42.5 Å². The quantitative estimate of drug-likeness (QED) is 0.277. The van der Waals surface area contributed by atoms with Crippen LogP contribution in [0.3, 0.4) is 0 Å². The van der Waals surface area contributed by atoms with Gasteiger partial charge in [0.05, 0.1) is 0 Å². The molecule has 2 saturated heterocycles. The van der Waals surface area contributed by atoms with Crippen molar-refractivity contribution in [2.45, 2.75) is 38.1 Å². The van der Waals surface area contributed by atoms with Gasteiger partial charge in [0.15, 0.2) is 0 Å². The first kappa shape index (κ1) is 27.0. The molecule has 0 unspecified atom stereocenters. The molecule has 1 amide bonds. The molecule has 2 fully saturated rings. The first-order valence-electron chi connectivity index (χ1n) is 14.4. The lowest BCUT2D eigenvalue weighted by atomic mass is 10.1. The van der Waals surface area contributed by atoms with Gasteiger partial charge >= 0.3 is 0 Å². The van der Waals surface area contributed by atoms with Crippen molar-refractivity contribution in [3.8, 4) is 11.6 Å². The third-order valence-electron chi connectivity index (χ3n) is 7.89. The van der Waals surface area contributed by atoms with E-state index in [-0.39, 0.29) is 5.91 Å². The molecule has 3 heterocycles. The van der Waals surface area contributed by atoms with Crippen molar-refractivity contribution >= 4 is 34.0 Å². The van der Waals surface area contributed by atoms with Crippen molar-refractivity contribution < 1.29 is 13.9 Å². The minimum atomic E-state index is -0.415. The fraction of sp³-hybridized carbons (Fsp3) is 0.344. The SMILES string of the molecule is CN1CCC(Nc2nccc(Oc3ccc(NC(=O)c4cc(F)cc(N5CCCCC5)c4)c4ccccc34)n2)CC1. The average molecular weight is 555 g/mol. The Balaban J connectivity index is 1.20. The highest BCUT2D eigenvalue weighted by Gasteiger charge is 2.19. The van der Waals surface area contributed by atoms with Crippen LogP contribution in [-0.2, 0) is 0 Å². The standard InChI is InChI=1S/C32H35FN6O2/c1-38-17-12-24(13-18-38)35-32-34-14-11-30(37-32)41-29-10-9-28(26-7-3-4-8-27(26)29)36-31(40)22-19-23(33)21-25(20-22)39-15-5-2-6-16-39/h3-4,7-11,14,19-21,24H,2,5-6,12-13,15-18H2,1H3,(H,36,40)(H,34,35,37). The molecule has 2 aliphatic heterocycles. The van der Waals surface area contributed by atoms with Crippen LogP contribution in [0, 0.1) is 5.82 Å². The zero-order valence-corrected chi connectivity index (χ0v) is 23.3. The van der Waals surface area contributed by atoms with Crippen LogP contribution in [0.25, 0.3) is 10.8 Å². The third-order valence-corrected chi connectivity index (χ3v) is 7.89. The Kier molecular flexibility index (Phi) is 7.95. The number of piperidine rings is 2. The maximum absolute atomic E-state index is 14.5. The second kappa shape index (κ2) is 12.1. The molecule has 0 spiro atoms. The van der Waals surface area contributed by atoms with Crippen molar-refractivity contribution in [2.24, 2.45) is 0 Å². The van der Waals surface area contributed by atoms with E-state index < -0.39 is 5.82 Å². The number of carbonyl (C=O) groups excluding carboxylic acids is 1. The van der Waals surface area contributed by atoms with Crippen molar-refractivity contribution in [2.75, 3.05) is 48.8 Å². The number of likely N-dealkylation sites (tertiary alicyclic amines) is 1. The summed E-state index contributed by atoms with van der Waals surface area (Å²) in [7, 11) is 2.13. The van der Waals surface area contributed by atoms with Crippen LogP contribution < -0.4 is 20.3 Å². The molecule has 1 aromatic heterocycles. The number of hydrogen-bond donors (Lipinski definition) is 2. The Labute approximate surface area is 239 Å². The second-order valence-corrected chi connectivity index (χ2v) is 10.9. The lowest BCUT2D eigenvalue weighted by molar-refractivity contribution is 0.102. The molecule has 212 valence electrons. The van der Waals surface area contributed by atoms with Gasteiger partial charge in [-0.3, -0.25) is 4.79 Å². The van der Waals surface area contributed by atoms with E-state index in [2.05, 4.69) is 37.4 Å². The molecule has 41 heavy (non-hydrogen) atoms. The van der Waals surface area contributed by atoms with Crippen molar-refractivity contribution in [3.05, 3.63) is 78.2 Å². The van der Waals surface area contributed by atoms with Gasteiger partial charge in [0.1, 0.15) is 11.6 Å². The predicted octanol–water partition coefficient (Wildman–Crippen LogP) is 6.31. The Bertz CT molecular complexity index is 1530. The summed E-state index contributed by atoms with van der Waals surface area (Å²) in [6.07, 6.45) is 7.09. The summed E-state index contributed by atoms with van der Waals surface area (Å²) in [5.74, 6) is 0.815. The highest BCUT2D eigenvalue weighted by molar-refractivity contribution is 6.10. The molecule has 0 saturated carbocycles. The van der Waals surface area contributed by atoms with Crippen LogP contribution in [0.5, 0.6) is 11.6 Å². The Morgan fingerprint density at radius 1 is 0.951 bits per heavy atom. The maximum Gasteiger partial charge on any atom is 0.255 e. The predicted molar refractivity (Wildman–Crippen MR) is 161 cm³/mol. The molecule has 3 aromatic carbocycles. The molecular formula is C32H35FN6O2. The number of nitrogens with zero attached hydrogens (tertiary/aromatic N) is 4. The summed E-state index contributed by atoms with van der Waals surface area (Å²) in [4.78, 5) is 26.7. The van der Waals surface area contributed by atoms with E-state index in [0.29, 0.717) is 34.9 Å². The number of ether oxygens (including phenoxy) is 1. The highest BCUT2D eigenvalue weighted by Crippen LogP contribution is 2.34. The van der Waals surface area contributed by atoms with Gasteiger partial charge in [-0.15, -0.1) is 0 Å². The lowest BCUT2D eigenvalue weighted by Gasteiger charge is -2.29. The number of anilines is 3. The van der Waals surface area contributed by atoms with Gasteiger partial charge in [-0.2, -0.15) is 4.98 Å². The molecular weight excluding hydrogens is 519 g/mol. The van der Waals surface area contributed by atoms with Crippen LogP contribution in [0.2, 0.25) is 0 Å². The van der Waals surface area contributed by atoms with Crippen LogP contribution in [0.4, 0.5) is 21.7 Å². The van der Waals surface area contributed by atoms with Gasteiger partial charge in [-0.25, -0.2) is 9.37 Å². The number of aromatic nitrogens is 2. The van der Waals surface area contributed by atoms with E-state index in [9.17, 15) is 9.18 Å². The summed E-state index contributed by atoms with van der Waals surface area (Å²) in [5.41, 5.74) is 1.66. The number of halogens is 1. The fourth-order valence-corrected chi connectivity index (χ4v) is 5.62. The summed E-state index contributed by atoms with van der Waals surface area (Å²) < 4.78 is 20.7. The summed E-state index contributed by atoms with van der Waals surface area (Å²) in [6.45, 7) is 3.83. The molecule has 4 aromatic rings. The number of benzene rings is 3.